The van der Waals surface area contributed by atoms with Crippen LogP contribution in [0.1, 0.15) is 57.6 Å². The van der Waals surface area contributed by atoms with Gasteiger partial charge in [0.05, 0.1) is 6.61 Å². The molecule has 18 heavy (non-hydrogen) atoms. The van der Waals surface area contributed by atoms with Gasteiger partial charge in [-0.2, -0.15) is 0 Å². The van der Waals surface area contributed by atoms with Crippen LogP contribution in [0.2, 0.25) is 0 Å². The average Bonchev–Trinajstić information content (AvgIpc) is 2.33. The van der Waals surface area contributed by atoms with Crippen molar-refractivity contribution in [2.45, 2.75) is 52.0 Å². The molecule has 102 valence electrons. The zero-order chi connectivity index (χ0) is 13.4. The van der Waals surface area contributed by atoms with Crippen LogP contribution in [-0.2, 0) is 0 Å². The molecule has 0 aliphatic rings. The first-order chi connectivity index (χ1) is 8.65. The predicted molar refractivity (Wildman–Crippen MR) is 81.0 cm³/mol. The monoisotopic (exact) mass is 313 g/mol. The maximum Gasteiger partial charge on any atom is 0.120 e. The summed E-state index contributed by atoms with van der Waals surface area (Å²) in [5.74, 6) is 0.918. The van der Waals surface area contributed by atoms with Crippen LogP contribution in [0.3, 0.4) is 0 Å². The summed E-state index contributed by atoms with van der Waals surface area (Å²) in [6.45, 7) is 5.01. The third-order valence-corrected chi connectivity index (χ3v) is 3.67. The van der Waals surface area contributed by atoms with Gasteiger partial charge in [0.1, 0.15) is 5.75 Å². The molecule has 0 spiro atoms. The van der Waals surface area contributed by atoms with Crippen molar-refractivity contribution in [1.82, 2.24) is 0 Å². The van der Waals surface area contributed by atoms with Gasteiger partial charge in [-0.15, -0.1) is 0 Å². The Morgan fingerprint density at radius 2 is 1.94 bits per heavy atom. The molecule has 2 nitrogen and oxygen atoms in total. The molecule has 0 unspecified atom stereocenters. The highest BCUT2D eigenvalue weighted by Crippen LogP contribution is 2.26. The summed E-state index contributed by atoms with van der Waals surface area (Å²) in [7, 11) is 0. The Morgan fingerprint density at radius 3 is 2.56 bits per heavy atom. The first-order valence-electron chi connectivity index (χ1n) is 6.83. The molecule has 2 N–H and O–H groups in total. The number of rotatable bonds is 8. The molecule has 0 radical (unpaired) electrons. The minimum atomic E-state index is 0.0440. The summed E-state index contributed by atoms with van der Waals surface area (Å²) >= 11 is 3.53. The second kappa shape index (κ2) is 8.54. The third-order valence-electron chi connectivity index (χ3n) is 2.98. The number of benzene rings is 1. The quantitative estimate of drug-likeness (QED) is 0.698. The molecule has 0 bridgehead atoms. The molecule has 1 atom stereocenters. The Morgan fingerprint density at radius 1 is 1.22 bits per heavy atom. The van der Waals surface area contributed by atoms with Gasteiger partial charge in [0.2, 0.25) is 0 Å². The Kier molecular flexibility index (Phi) is 7.36. The van der Waals surface area contributed by atoms with E-state index in [1.54, 1.807) is 0 Å². The van der Waals surface area contributed by atoms with Gasteiger partial charge in [0.25, 0.3) is 0 Å². The average molecular weight is 314 g/mol. The van der Waals surface area contributed by atoms with Crippen molar-refractivity contribution in [3.05, 3.63) is 28.2 Å². The first-order valence-corrected chi connectivity index (χ1v) is 7.62. The van der Waals surface area contributed by atoms with E-state index in [9.17, 15) is 0 Å². The molecule has 3 heteroatoms. The lowest BCUT2D eigenvalue weighted by molar-refractivity contribution is 0.304. The Balaban J connectivity index is 2.33. The molecule has 0 aliphatic carbocycles. The van der Waals surface area contributed by atoms with Gasteiger partial charge >= 0.3 is 0 Å². The lowest BCUT2D eigenvalue weighted by Crippen LogP contribution is -2.06. The third kappa shape index (κ3) is 5.40. The number of unbranched alkanes of at least 4 members (excludes halogenated alkanes) is 4. The molecule has 0 amide bonds. The van der Waals surface area contributed by atoms with Gasteiger partial charge in [0, 0.05) is 10.5 Å². The highest BCUT2D eigenvalue weighted by Gasteiger charge is 2.05. The van der Waals surface area contributed by atoms with Crippen molar-refractivity contribution in [1.29, 1.82) is 0 Å². The highest BCUT2D eigenvalue weighted by molar-refractivity contribution is 9.10. The number of hydrogen-bond acceptors (Lipinski definition) is 2. The molecule has 1 rings (SSSR count). The van der Waals surface area contributed by atoms with Crippen LogP contribution < -0.4 is 10.5 Å². The summed E-state index contributed by atoms with van der Waals surface area (Å²) < 4.78 is 6.76. The molecule has 0 aromatic heterocycles. The zero-order valence-corrected chi connectivity index (χ0v) is 13.0. The molecule has 1 aromatic carbocycles. The standard InChI is InChI=1S/C15H24BrNO/c1-3-4-5-6-7-10-18-13-8-9-14(12(2)17)15(16)11-13/h8-9,11-12H,3-7,10,17H2,1-2H3/t12-/m1/s1. The van der Waals surface area contributed by atoms with E-state index in [-0.39, 0.29) is 6.04 Å². The molecular formula is C15H24BrNO. The molecule has 0 saturated carbocycles. The first kappa shape index (κ1) is 15.5. The van der Waals surface area contributed by atoms with Crippen molar-refractivity contribution in [3.8, 4) is 5.75 Å². The lowest BCUT2D eigenvalue weighted by Gasteiger charge is -2.11. The van der Waals surface area contributed by atoms with Crippen LogP contribution in [0.25, 0.3) is 0 Å². The number of ether oxygens (including phenoxy) is 1. The van der Waals surface area contributed by atoms with Crippen LogP contribution in [-0.4, -0.2) is 6.61 Å². The maximum atomic E-state index is 5.86. The molecular weight excluding hydrogens is 290 g/mol. The molecule has 0 aliphatic heterocycles. The topological polar surface area (TPSA) is 35.2 Å². The second-order valence-electron chi connectivity index (χ2n) is 4.73. The molecule has 1 aromatic rings. The van der Waals surface area contributed by atoms with E-state index in [0.717, 1.165) is 28.8 Å². The smallest absolute Gasteiger partial charge is 0.120 e. The SMILES string of the molecule is CCCCCCCOc1ccc([C@@H](C)N)c(Br)c1. The lowest BCUT2D eigenvalue weighted by atomic mass is 10.1. The fourth-order valence-electron chi connectivity index (χ4n) is 1.86. The van der Waals surface area contributed by atoms with Crippen LogP contribution >= 0.6 is 15.9 Å². The van der Waals surface area contributed by atoms with E-state index in [2.05, 4.69) is 22.9 Å². The van der Waals surface area contributed by atoms with Crippen molar-refractivity contribution in [2.24, 2.45) is 5.73 Å². The minimum absolute atomic E-state index is 0.0440. The van der Waals surface area contributed by atoms with Crippen molar-refractivity contribution >= 4 is 15.9 Å². The minimum Gasteiger partial charge on any atom is -0.494 e. The number of nitrogens with two attached hydrogens (primary N) is 1. The van der Waals surface area contributed by atoms with Crippen LogP contribution in [0.4, 0.5) is 0 Å². The highest BCUT2D eigenvalue weighted by atomic mass is 79.9. The van der Waals surface area contributed by atoms with Crippen molar-refractivity contribution < 1.29 is 4.74 Å². The van der Waals surface area contributed by atoms with E-state index in [4.69, 9.17) is 10.5 Å². The number of hydrogen-bond donors (Lipinski definition) is 1. The van der Waals surface area contributed by atoms with Crippen LogP contribution in [0.5, 0.6) is 5.75 Å². The van der Waals surface area contributed by atoms with Crippen molar-refractivity contribution in [2.75, 3.05) is 6.61 Å². The Bertz CT molecular complexity index is 352. The largest absolute Gasteiger partial charge is 0.494 e. The summed E-state index contributed by atoms with van der Waals surface area (Å²) in [4.78, 5) is 0. The molecule has 0 saturated heterocycles. The summed E-state index contributed by atoms with van der Waals surface area (Å²) in [6.07, 6.45) is 6.31. The van der Waals surface area contributed by atoms with Crippen LogP contribution in [0.15, 0.2) is 22.7 Å². The van der Waals surface area contributed by atoms with Crippen LogP contribution in [0, 0.1) is 0 Å². The fourth-order valence-corrected chi connectivity index (χ4v) is 2.58. The van der Waals surface area contributed by atoms with Gasteiger partial charge in [-0.1, -0.05) is 54.6 Å². The summed E-state index contributed by atoms with van der Waals surface area (Å²) in [6, 6.07) is 6.07. The fraction of sp³-hybridized carbons (Fsp3) is 0.600. The van der Waals surface area contributed by atoms with E-state index >= 15 is 0 Å². The molecule has 0 heterocycles. The van der Waals surface area contributed by atoms with E-state index in [1.165, 1.54) is 25.7 Å². The van der Waals surface area contributed by atoms with Gasteiger partial charge in [-0.05, 0) is 31.0 Å². The van der Waals surface area contributed by atoms with E-state index in [0.29, 0.717) is 0 Å². The second-order valence-corrected chi connectivity index (χ2v) is 5.59. The summed E-state index contributed by atoms with van der Waals surface area (Å²) in [5.41, 5.74) is 6.98. The van der Waals surface area contributed by atoms with Gasteiger partial charge in [0.15, 0.2) is 0 Å². The van der Waals surface area contributed by atoms with Gasteiger partial charge in [-0.25, -0.2) is 0 Å². The molecule has 0 fully saturated rings. The predicted octanol–water partition coefficient (Wildman–Crippen LogP) is 4.82. The van der Waals surface area contributed by atoms with Crippen molar-refractivity contribution in [3.63, 3.8) is 0 Å². The normalized spacial score (nSPS) is 12.4. The maximum absolute atomic E-state index is 5.86. The van der Waals surface area contributed by atoms with Gasteiger partial charge < -0.3 is 10.5 Å². The van der Waals surface area contributed by atoms with Gasteiger partial charge in [-0.3, -0.25) is 0 Å². The summed E-state index contributed by atoms with van der Waals surface area (Å²) in [5, 5.41) is 0. The zero-order valence-electron chi connectivity index (χ0n) is 11.4. The van der Waals surface area contributed by atoms with E-state index < -0.39 is 0 Å². The Labute approximate surface area is 119 Å². The number of halogens is 1. The van der Waals surface area contributed by atoms with E-state index in [1.807, 2.05) is 25.1 Å². The Hall–Kier alpha value is -0.540.